The van der Waals surface area contributed by atoms with E-state index in [9.17, 15) is 13.6 Å². The molecule has 0 bridgehead atoms. The summed E-state index contributed by atoms with van der Waals surface area (Å²) in [6.07, 6.45) is 0. The average molecular weight is 242 g/mol. The molecular weight excluding hydrogens is 226 g/mol. The normalized spacial score (nSPS) is 12.1. The van der Waals surface area contributed by atoms with Crippen molar-refractivity contribution in [2.24, 2.45) is 0 Å². The van der Waals surface area contributed by atoms with Crippen molar-refractivity contribution in [1.29, 1.82) is 0 Å². The van der Waals surface area contributed by atoms with Crippen molar-refractivity contribution >= 4 is 11.6 Å². The largest absolute Gasteiger partial charge is 0.369 e. The minimum atomic E-state index is -0.702. The van der Waals surface area contributed by atoms with Crippen molar-refractivity contribution in [3.8, 4) is 0 Å². The van der Waals surface area contributed by atoms with Gasteiger partial charge in [-0.3, -0.25) is 4.79 Å². The van der Waals surface area contributed by atoms with Gasteiger partial charge in [-0.2, -0.15) is 0 Å². The lowest BCUT2D eigenvalue weighted by molar-refractivity contribution is -0.129. The van der Waals surface area contributed by atoms with E-state index in [4.69, 9.17) is 0 Å². The molecule has 0 heterocycles. The van der Waals surface area contributed by atoms with E-state index in [0.717, 1.165) is 0 Å². The van der Waals surface area contributed by atoms with E-state index in [1.807, 2.05) is 0 Å². The molecule has 0 aromatic heterocycles. The Hall–Kier alpha value is -1.65. The van der Waals surface area contributed by atoms with Gasteiger partial charge in [0.2, 0.25) is 5.91 Å². The Labute approximate surface area is 99.4 Å². The predicted octanol–water partition coefficient (Wildman–Crippen LogP) is 2.16. The lowest BCUT2D eigenvalue weighted by Gasteiger charge is -2.20. The molecule has 1 aromatic carbocycles. The van der Waals surface area contributed by atoms with E-state index in [2.05, 4.69) is 5.32 Å². The van der Waals surface area contributed by atoms with Crippen LogP contribution in [0.4, 0.5) is 14.5 Å². The summed E-state index contributed by atoms with van der Waals surface area (Å²) in [4.78, 5) is 12.9. The standard InChI is InChI=1S/C12H16F2N2O/c1-7-5-6-9(13)11(10(7)14)15-8(2)12(17)16(3)4/h5-6,8,15H,1-4H3. The molecule has 0 spiro atoms. The van der Waals surface area contributed by atoms with Gasteiger partial charge in [0.1, 0.15) is 17.5 Å². The first-order chi connectivity index (χ1) is 7.84. The van der Waals surface area contributed by atoms with Crippen molar-refractivity contribution in [2.75, 3.05) is 19.4 Å². The third-order valence-electron chi connectivity index (χ3n) is 2.46. The Morgan fingerprint density at radius 3 is 2.47 bits per heavy atom. The van der Waals surface area contributed by atoms with Gasteiger partial charge >= 0.3 is 0 Å². The van der Waals surface area contributed by atoms with Crippen molar-refractivity contribution < 1.29 is 13.6 Å². The summed E-state index contributed by atoms with van der Waals surface area (Å²) >= 11 is 0. The highest BCUT2D eigenvalue weighted by atomic mass is 19.1. The van der Waals surface area contributed by atoms with Gasteiger partial charge in [0.15, 0.2) is 5.82 Å². The van der Waals surface area contributed by atoms with Gasteiger partial charge in [-0.05, 0) is 25.5 Å². The number of anilines is 1. The van der Waals surface area contributed by atoms with Gasteiger partial charge in [-0.1, -0.05) is 6.07 Å². The fraction of sp³-hybridized carbons (Fsp3) is 0.417. The van der Waals surface area contributed by atoms with Crippen LogP contribution in [0.25, 0.3) is 0 Å². The molecule has 0 radical (unpaired) electrons. The maximum Gasteiger partial charge on any atom is 0.244 e. The number of nitrogens with one attached hydrogen (secondary N) is 1. The lowest BCUT2D eigenvalue weighted by atomic mass is 10.1. The smallest absolute Gasteiger partial charge is 0.244 e. The SMILES string of the molecule is Cc1ccc(F)c(NC(C)C(=O)N(C)C)c1F. The van der Waals surface area contributed by atoms with Crippen LogP contribution in [0, 0.1) is 18.6 Å². The van der Waals surface area contributed by atoms with Crippen molar-refractivity contribution in [3.63, 3.8) is 0 Å². The third-order valence-corrected chi connectivity index (χ3v) is 2.46. The zero-order valence-electron chi connectivity index (χ0n) is 10.3. The summed E-state index contributed by atoms with van der Waals surface area (Å²) in [6.45, 7) is 3.10. The molecule has 17 heavy (non-hydrogen) atoms. The molecule has 0 aliphatic rings. The van der Waals surface area contributed by atoms with Crippen molar-refractivity contribution in [3.05, 3.63) is 29.3 Å². The number of hydrogen-bond acceptors (Lipinski definition) is 2. The number of carbonyl (C=O) groups excluding carboxylic acids is 1. The minimum absolute atomic E-state index is 0.245. The van der Waals surface area contributed by atoms with Gasteiger partial charge in [-0.15, -0.1) is 0 Å². The summed E-state index contributed by atoms with van der Waals surface area (Å²) < 4.78 is 27.1. The third kappa shape index (κ3) is 2.93. The molecular formula is C12H16F2N2O. The molecule has 1 atom stereocenters. The fourth-order valence-corrected chi connectivity index (χ4v) is 1.45. The van der Waals surface area contributed by atoms with Gasteiger partial charge in [0, 0.05) is 14.1 Å². The molecule has 1 amide bonds. The number of nitrogens with zero attached hydrogens (tertiary/aromatic N) is 1. The molecule has 5 heteroatoms. The van der Waals surface area contributed by atoms with Crippen LogP contribution in [-0.2, 0) is 4.79 Å². The molecule has 3 nitrogen and oxygen atoms in total. The molecule has 1 aromatic rings. The fourth-order valence-electron chi connectivity index (χ4n) is 1.45. The number of benzene rings is 1. The first-order valence-electron chi connectivity index (χ1n) is 5.27. The van der Waals surface area contributed by atoms with Crippen LogP contribution in [0.2, 0.25) is 0 Å². The van der Waals surface area contributed by atoms with Crippen LogP contribution in [0.15, 0.2) is 12.1 Å². The van der Waals surface area contributed by atoms with E-state index >= 15 is 0 Å². The zero-order valence-corrected chi connectivity index (χ0v) is 10.3. The maximum absolute atomic E-state index is 13.7. The summed E-state index contributed by atoms with van der Waals surface area (Å²) in [5, 5.41) is 2.56. The maximum atomic E-state index is 13.7. The molecule has 1 N–H and O–H groups in total. The first kappa shape index (κ1) is 13.4. The van der Waals surface area contributed by atoms with Gasteiger partial charge in [0.05, 0.1) is 0 Å². The van der Waals surface area contributed by atoms with E-state index in [-0.39, 0.29) is 11.6 Å². The predicted molar refractivity (Wildman–Crippen MR) is 62.9 cm³/mol. The Balaban J connectivity index is 2.96. The average Bonchev–Trinajstić information content (AvgIpc) is 2.28. The molecule has 0 aliphatic carbocycles. The van der Waals surface area contributed by atoms with Gasteiger partial charge in [-0.25, -0.2) is 8.78 Å². The molecule has 0 saturated carbocycles. The molecule has 94 valence electrons. The number of likely N-dealkylation sites (N-methyl/N-ethyl adjacent to an activating group) is 1. The Kier molecular flexibility index (Phi) is 4.04. The molecule has 0 saturated heterocycles. The van der Waals surface area contributed by atoms with Crippen LogP contribution in [0.3, 0.4) is 0 Å². The summed E-state index contributed by atoms with van der Waals surface area (Å²) in [6, 6.07) is 1.85. The topological polar surface area (TPSA) is 32.3 Å². The number of hydrogen-bond donors (Lipinski definition) is 1. The second-order valence-electron chi connectivity index (χ2n) is 4.15. The van der Waals surface area contributed by atoms with Crippen molar-refractivity contribution in [1.82, 2.24) is 4.90 Å². The van der Waals surface area contributed by atoms with Crippen molar-refractivity contribution in [2.45, 2.75) is 19.9 Å². The zero-order chi connectivity index (χ0) is 13.2. The monoisotopic (exact) mass is 242 g/mol. The summed E-state index contributed by atoms with van der Waals surface area (Å²) in [7, 11) is 3.17. The van der Waals surface area contributed by atoms with Crippen LogP contribution in [0.1, 0.15) is 12.5 Å². The van der Waals surface area contributed by atoms with Crippen LogP contribution in [-0.4, -0.2) is 30.9 Å². The van der Waals surface area contributed by atoms with Gasteiger partial charge < -0.3 is 10.2 Å². The number of aryl methyl sites for hydroxylation is 1. The Bertz CT molecular complexity index is 433. The van der Waals surface area contributed by atoms with E-state index in [1.165, 1.54) is 17.0 Å². The Morgan fingerprint density at radius 1 is 1.35 bits per heavy atom. The van der Waals surface area contributed by atoms with E-state index in [0.29, 0.717) is 5.56 Å². The quantitative estimate of drug-likeness (QED) is 0.881. The van der Waals surface area contributed by atoms with Crippen LogP contribution in [0.5, 0.6) is 0 Å². The summed E-state index contributed by atoms with van der Waals surface area (Å²) in [5.41, 5.74) is 0.0751. The van der Waals surface area contributed by atoms with Crippen LogP contribution < -0.4 is 5.32 Å². The molecule has 1 unspecified atom stereocenters. The highest BCUT2D eigenvalue weighted by molar-refractivity contribution is 5.83. The highest BCUT2D eigenvalue weighted by Crippen LogP contribution is 2.22. The number of halogens is 2. The summed E-state index contributed by atoms with van der Waals surface area (Å²) in [5.74, 6) is -1.61. The minimum Gasteiger partial charge on any atom is -0.369 e. The lowest BCUT2D eigenvalue weighted by Crippen LogP contribution is -2.37. The number of carbonyl (C=O) groups is 1. The first-order valence-corrected chi connectivity index (χ1v) is 5.27. The van der Waals surface area contributed by atoms with Crippen LogP contribution >= 0.6 is 0 Å². The van der Waals surface area contributed by atoms with E-state index in [1.54, 1.807) is 27.9 Å². The molecule has 0 fully saturated rings. The second kappa shape index (κ2) is 5.12. The highest BCUT2D eigenvalue weighted by Gasteiger charge is 2.19. The molecule has 1 rings (SSSR count). The molecule has 0 aliphatic heterocycles. The second-order valence-corrected chi connectivity index (χ2v) is 4.15. The van der Waals surface area contributed by atoms with Gasteiger partial charge in [0.25, 0.3) is 0 Å². The Morgan fingerprint density at radius 2 is 1.94 bits per heavy atom. The van der Waals surface area contributed by atoms with E-state index < -0.39 is 17.7 Å². The number of amides is 1. The number of rotatable bonds is 3.